The van der Waals surface area contributed by atoms with Crippen molar-refractivity contribution in [1.82, 2.24) is 10.2 Å². The molecule has 2 aromatic rings. The number of aliphatic hydroxyl groups is 1. The number of hydrogen-bond donors (Lipinski definition) is 3. The van der Waals surface area contributed by atoms with Gasteiger partial charge in [-0.15, -0.1) is 5.10 Å². The van der Waals surface area contributed by atoms with Gasteiger partial charge in [-0.05, 0) is 24.4 Å². The number of rotatable bonds is 5. The van der Waals surface area contributed by atoms with E-state index in [0.29, 0.717) is 18.9 Å². The largest absolute Gasteiger partial charge is 0.414 e. The van der Waals surface area contributed by atoms with Gasteiger partial charge in [0.25, 0.3) is 4.84 Å². The third-order valence-corrected chi connectivity index (χ3v) is 2.38. The molecule has 17 heavy (non-hydrogen) atoms. The molecule has 1 aromatic carbocycles. The van der Waals surface area contributed by atoms with Gasteiger partial charge in [0.2, 0.25) is 5.89 Å². The summed E-state index contributed by atoms with van der Waals surface area (Å²) < 4.78 is 5.07. The maximum atomic E-state index is 9.76. The molecular formula is C11H13N3O2S. The maximum Gasteiger partial charge on any atom is 0.284 e. The lowest BCUT2D eigenvalue weighted by Gasteiger charge is -2.10. The van der Waals surface area contributed by atoms with Crippen molar-refractivity contribution in [3.8, 4) is 0 Å². The molecule has 6 heteroatoms. The second-order valence-electron chi connectivity index (χ2n) is 3.61. The Bertz CT molecular complexity index is 509. The smallest absolute Gasteiger partial charge is 0.284 e. The fourth-order valence-electron chi connectivity index (χ4n) is 1.41. The van der Waals surface area contributed by atoms with Crippen LogP contribution in [0.3, 0.4) is 0 Å². The number of aromatic amines is 1. The molecule has 1 aromatic heterocycles. The van der Waals surface area contributed by atoms with Crippen LogP contribution >= 0.6 is 12.2 Å². The van der Waals surface area contributed by atoms with Gasteiger partial charge in [0.15, 0.2) is 0 Å². The fraction of sp³-hybridized carbons (Fsp3) is 0.273. The number of nitrogens with zero attached hydrogens (tertiary/aromatic N) is 1. The average Bonchev–Trinajstić information content (AvgIpc) is 2.73. The Morgan fingerprint density at radius 1 is 1.41 bits per heavy atom. The van der Waals surface area contributed by atoms with Crippen molar-refractivity contribution >= 4 is 17.9 Å². The highest BCUT2D eigenvalue weighted by molar-refractivity contribution is 7.71. The molecule has 1 unspecified atom stereocenters. The fourth-order valence-corrected chi connectivity index (χ4v) is 1.56. The van der Waals surface area contributed by atoms with Crippen LogP contribution in [-0.2, 0) is 6.42 Å². The second kappa shape index (κ2) is 5.60. The van der Waals surface area contributed by atoms with Crippen molar-refractivity contribution in [2.75, 3.05) is 11.9 Å². The number of H-pyrrole nitrogens is 1. The predicted octanol–water partition coefficient (Wildman–Crippen LogP) is 1.75. The second-order valence-corrected chi connectivity index (χ2v) is 3.98. The number of benzene rings is 1. The predicted molar refractivity (Wildman–Crippen MR) is 66.3 cm³/mol. The van der Waals surface area contributed by atoms with Gasteiger partial charge in [0.05, 0.1) is 12.5 Å². The molecule has 1 atom stereocenters. The molecular weight excluding hydrogens is 238 g/mol. The Labute approximate surface area is 103 Å². The Kier molecular flexibility index (Phi) is 3.89. The van der Waals surface area contributed by atoms with Gasteiger partial charge in [-0.25, -0.2) is 5.10 Å². The summed E-state index contributed by atoms with van der Waals surface area (Å²) in [5, 5.41) is 19.2. The van der Waals surface area contributed by atoms with Gasteiger partial charge >= 0.3 is 0 Å². The first-order valence-corrected chi connectivity index (χ1v) is 5.66. The van der Waals surface area contributed by atoms with E-state index in [1.54, 1.807) is 0 Å². The molecule has 0 amide bonds. The van der Waals surface area contributed by atoms with E-state index in [0.717, 1.165) is 5.69 Å². The van der Waals surface area contributed by atoms with Gasteiger partial charge in [-0.3, -0.25) is 0 Å². The van der Waals surface area contributed by atoms with Gasteiger partial charge in [0, 0.05) is 12.2 Å². The Morgan fingerprint density at radius 2 is 2.18 bits per heavy atom. The number of nitrogens with one attached hydrogen (secondary N) is 2. The van der Waals surface area contributed by atoms with E-state index in [4.69, 9.17) is 16.6 Å². The molecule has 0 aliphatic carbocycles. The van der Waals surface area contributed by atoms with E-state index in [9.17, 15) is 5.11 Å². The summed E-state index contributed by atoms with van der Waals surface area (Å²) in [5.41, 5.74) is 0.967. The third kappa shape index (κ3) is 3.69. The molecule has 0 aliphatic heterocycles. The van der Waals surface area contributed by atoms with Gasteiger partial charge in [-0.2, -0.15) is 0 Å². The van der Waals surface area contributed by atoms with Crippen LogP contribution in [0.5, 0.6) is 0 Å². The quantitative estimate of drug-likeness (QED) is 0.706. The molecule has 5 nitrogen and oxygen atoms in total. The molecule has 3 N–H and O–H groups in total. The van der Waals surface area contributed by atoms with Crippen LogP contribution in [0.4, 0.5) is 5.69 Å². The van der Waals surface area contributed by atoms with Crippen LogP contribution in [0.25, 0.3) is 0 Å². The monoisotopic (exact) mass is 251 g/mol. The normalized spacial score (nSPS) is 12.3. The highest BCUT2D eigenvalue weighted by Crippen LogP contribution is 2.06. The van der Waals surface area contributed by atoms with Gasteiger partial charge < -0.3 is 14.8 Å². The highest BCUT2D eigenvalue weighted by atomic mass is 32.1. The molecule has 1 heterocycles. The minimum atomic E-state index is -0.573. The lowest BCUT2D eigenvalue weighted by Crippen LogP contribution is -2.22. The molecule has 0 spiro atoms. The first-order valence-electron chi connectivity index (χ1n) is 5.25. The number of para-hydroxylation sites is 1. The molecule has 0 bridgehead atoms. The number of aromatic nitrogens is 2. The first kappa shape index (κ1) is 11.8. The summed E-state index contributed by atoms with van der Waals surface area (Å²) in [4.78, 5) is 0.225. The number of aliphatic hydroxyl groups excluding tert-OH is 1. The zero-order chi connectivity index (χ0) is 12.1. The highest BCUT2D eigenvalue weighted by Gasteiger charge is 2.09. The van der Waals surface area contributed by atoms with Crippen LogP contribution in [0.2, 0.25) is 0 Å². The Hall–Kier alpha value is -1.66. The van der Waals surface area contributed by atoms with E-state index in [1.165, 1.54) is 0 Å². The van der Waals surface area contributed by atoms with Gasteiger partial charge in [0.1, 0.15) is 0 Å². The van der Waals surface area contributed by atoms with Crippen molar-refractivity contribution in [3.63, 3.8) is 0 Å². The molecule has 0 saturated carbocycles. The SMILES string of the molecule is OC(CNc1ccccc1)Cc1n[nH]c(=S)o1. The van der Waals surface area contributed by atoms with E-state index in [-0.39, 0.29) is 4.84 Å². The lowest BCUT2D eigenvalue weighted by molar-refractivity contribution is 0.178. The summed E-state index contributed by atoms with van der Waals surface area (Å²) in [7, 11) is 0. The summed E-state index contributed by atoms with van der Waals surface area (Å²) in [6.45, 7) is 0.430. The minimum absolute atomic E-state index is 0.225. The van der Waals surface area contributed by atoms with E-state index < -0.39 is 6.10 Å². The molecule has 2 rings (SSSR count). The number of hydrogen-bond acceptors (Lipinski definition) is 5. The molecule has 0 saturated heterocycles. The topological polar surface area (TPSA) is 74.1 Å². The summed E-state index contributed by atoms with van der Waals surface area (Å²) in [6.07, 6.45) is -0.246. The molecule has 90 valence electrons. The van der Waals surface area contributed by atoms with Crippen LogP contribution in [0, 0.1) is 4.84 Å². The molecule has 0 radical (unpaired) electrons. The van der Waals surface area contributed by atoms with E-state index in [1.807, 2.05) is 30.3 Å². The average molecular weight is 251 g/mol. The third-order valence-electron chi connectivity index (χ3n) is 2.21. The van der Waals surface area contributed by atoms with E-state index >= 15 is 0 Å². The van der Waals surface area contributed by atoms with E-state index in [2.05, 4.69) is 15.5 Å². The van der Waals surface area contributed by atoms with Crippen molar-refractivity contribution in [1.29, 1.82) is 0 Å². The maximum absolute atomic E-state index is 9.76. The van der Waals surface area contributed by atoms with Crippen LogP contribution < -0.4 is 5.32 Å². The zero-order valence-electron chi connectivity index (χ0n) is 9.09. The molecule has 0 fully saturated rings. The first-order chi connectivity index (χ1) is 8.24. The van der Waals surface area contributed by atoms with Gasteiger partial charge in [-0.1, -0.05) is 18.2 Å². The molecule has 0 aliphatic rings. The van der Waals surface area contributed by atoms with Crippen molar-refractivity contribution in [3.05, 3.63) is 41.1 Å². The Morgan fingerprint density at radius 3 is 2.82 bits per heavy atom. The van der Waals surface area contributed by atoms with Crippen LogP contribution in [0.15, 0.2) is 34.7 Å². The van der Waals surface area contributed by atoms with Crippen molar-refractivity contribution in [2.45, 2.75) is 12.5 Å². The van der Waals surface area contributed by atoms with Crippen molar-refractivity contribution < 1.29 is 9.52 Å². The number of anilines is 1. The van der Waals surface area contributed by atoms with Crippen LogP contribution in [0.1, 0.15) is 5.89 Å². The Balaban J connectivity index is 1.82. The van der Waals surface area contributed by atoms with Crippen LogP contribution in [-0.4, -0.2) is 28.0 Å². The minimum Gasteiger partial charge on any atom is -0.414 e. The summed E-state index contributed by atoms with van der Waals surface area (Å²) >= 11 is 4.74. The summed E-state index contributed by atoms with van der Waals surface area (Å²) in [6, 6.07) is 9.68. The standard InChI is InChI=1S/C11H13N3O2S/c15-9(6-10-13-14-11(17)16-10)7-12-8-4-2-1-3-5-8/h1-5,9,12,15H,6-7H2,(H,14,17). The van der Waals surface area contributed by atoms with Crippen molar-refractivity contribution in [2.24, 2.45) is 0 Å². The zero-order valence-corrected chi connectivity index (χ0v) is 9.91. The lowest BCUT2D eigenvalue weighted by atomic mass is 10.2. The summed E-state index contributed by atoms with van der Waals surface area (Å²) in [5.74, 6) is 0.414.